The number of hydrogen-bond donors (Lipinski definition) is 0. The predicted molar refractivity (Wildman–Crippen MR) is 77.7 cm³/mol. The van der Waals surface area contributed by atoms with Gasteiger partial charge < -0.3 is 9.64 Å². The lowest BCUT2D eigenvalue weighted by molar-refractivity contribution is -0.147. The van der Waals surface area contributed by atoms with Crippen molar-refractivity contribution in [3.63, 3.8) is 0 Å². The number of ether oxygens (including phenoxy) is 1. The molecule has 1 aromatic rings. The average molecular weight is 293 g/mol. The van der Waals surface area contributed by atoms with Crippen molar-refractivity contribution in [2.24, 2.45) is 11.8 Å². The van der Waals surface area contributed by atoms with Crippen molar-refractivity contribution in [1.29, 1.82) is 5.26 Å². The number of halogens is 1. The van der Waals surface area contributed by atoms with Gasteiger partial charge in [0.2, 0.25) is 0 Å². The van der Waals surface area contributed by atoms with E-state index in [1.54, 1.807) is 18.2 Å². The summed E-state index contributed by atoms with van der Waals surface area (Å²) in [6.07, 6.45) is 0.712. The zero-order valence-electron chi connectivity index (χ0n) is 11.6. The van der Waals surface area contributed by atoms with Crippen molar-refractivity contribution in [1.82, 2.24) is 0 Å². The van der Waals surface area contributed by atoms with Crippen LogP contribution >= 0.6 is 11.6 Å². The molecule has 1 aromatic carbocycles. The lowest BCUT2D eigenvalue weighted by Crippen LogP contribution is -2.42. The third kappa shape index (κ3) is 2.73. The van der Waals surface area contributed by atoms with E-state index in [9.17, 15) is 10.1 Å². The van der Waals surface area contributed by atoms with Gasteiger partial charge in [-0.25, -0.2) is 0 Å². The van der Waals surface area contributed by atoms with E-state index in [-0.39, 0.29) is 17.8 Å². The third-order valence-electron chi connectivity index (χ3n) is 3.83. The number of carbonyl (C=O) groups excluding carboxylic acids is 1. The van der Waals surface area contributed by atoms with Crippen molar-refractivity contribution < 1.29 is 9.53 Å². The molecule has 1 aliphatic rings. The normalized spacial score (nSPS) is 22.2. The molecule has 20 heavy (non-hydrogen) atoms. The van der Waals surface area contributed by atoms with Gasteiger partial charge in [0.05, 0.1) is 29.3 Å². The molecule has 0 bridgehead atoms. The van der Waals surface area contributed by atoms with Crippen LogP contribution in [0.25, 0.3) is 0 Å². The van der Waals surface area contributed by atoms with Crippen molar-refractivity contribution >= 4 is 23.3 Å². The van der Waals surface area contributed by atoms with E-state index < -0.39 is 0 Å². The first-order valence-electron chi connectivity index (χ1n) is 6.60. The van der Waals surface area contributed by atoms with Gasteiger partial charge >= 0.3 is 5.97 Å². The van der Waals surface area contributed by atoms with Crippen LogP contribution in [0.5, 0.6) is 0 Å². The predicted octanol–water partition coefficient (Wildman–Crippen LogP) is 2.85. The van der Waals surface area contributed by atoms with Gasteiger partial charge in [-0.2, -0.15) is 5.26 Å². The quantitative estimate of drug-likeness (QED) is 0.787. The van der Waals surface area contributed by atoms with Crippen LogP contribution in [0.4, 0.5) is 5.69 Å². The first-order chi connectivity index (χ1) is 9.58. The molecule has 1 aliphatic heterocycles. The van der Waals surface area contributed by atoms with E-state index in [2.05, 4.69) is 11.0 Å². The van der Waals surface area contributed by atoms with Gasteiger partial charge in [-0.1, -0.05) is 24.6 Å². The van der Waals surface area contributed by atoms with Gasteiger partial charge in [0.15, 0.2) is 0 Å². The molecule has 0 aromatic heterocycles. The minimum atomic E-state index is -0.156. The van der Waals surface area contributed by atoms with Crippen LogP contribution in [0, 0.1) is 23.2 Å². The standard InChI is InChI=1S/C15H17ClN2O2/c1-10-9-18(7-6-12(10)15(19)20-2)14-11(8-17)4-3-5-13(14)16/h3-5,10,12H,6-7,9H2,1-2H3/t10-,12-/m0/s1. The van der Waals surface area contributed by atoms with Gasteiger partial charge in [0, 0.05) is 13.1 Å². The molecule has 5 heteroatoms. The molecular formula is C15H17ClN2O2. The Hall–Kier alpha value is -1.73. The first-order valence-corrected chi connectivity index (χ1v) is 6.97. The fraction of sp³-hybridized carbons (Fsp3) is 0.467. The summed E-state index contributed by atoms with van der Waals surface area (Å²) in [7, 11) is 1.42. The number of piperidine rings is 1. The van der Waals surface area contributed by atoms with Gasteiger partial charge in [-0.05, 0) is 24.5 Å². The highest BCUT2D eigenvalue weighted by atomic mass is 35.5. The second-order valence-electron chi connectivity index (χ2n) is 5.09. The number of hydrogen-bond acceptors (Lipinski definition) is 4. The van der Waals surface area contributed by atoms with Gasteiger partial charge in [-0.15, -0.1) is 0 Å². The Morgan fingerprint density at radius 2 is 2.30 bits per heavy atom. The number of esters is 1. The Labute approximate surface area is 123 Å². The smallest absolute Gasteiger partial charge is 0.309 e. The van der Waals surface area contributed by atoms with Crippen molar-refractivity contribution in [2.45, 2.75) is 13.3 Å². The summed E-state index contributed by atoms with van der Waals surface area (Å²) < 4.78 is 4.83. The van der Waals surface area contributed by atoms with E-state index in [1.807, 2.05) is 6.92 Å². The maximum Gasteiger partial charge on any atom is 0.309 e. The molecule has 1 saturated heterocycles. The van der Waals surface area contributed by atoms with Crippen LogP contribution in [-0.4, -0.2) is 26.2 Å². The highest BCUT2D eigenvalue weighted by molar-refractivity contribution is 6.33. The molecule has 0 N–H and O–H groups in total. The number of carbonyl (C=O) groups is 1. The van der Waals surface area contributed by atoms with E-state index in [0.717, 1.165) is 5.69 Å². The number of methoxy groups -OCH3 is 1. The molecule has 0 spiro atoms. The Kier molecular flexibility index (Phi) is 4.51. The highest BCUT2D eigenvalue weighted by Gasteiger charge is 2.33. The van der Waals surface area contributed by atoms with Crippen LogP contribution < -0.4 is 4.90 Å². The number of nitriles is 1. The summed E-state index contributed by atoms with van der Waals surface area (Å²) in [6, 6.07) is 7.50. The SMILES string of the molecule is COC(=O)[C@H]1CCN(c2c(Cl)cccc2C#N)C[C@@H]1C. The summed E-state index contributed by atoms with van der Waals surface area (Å²) in [5.41, 5.74) is 1.34. The van der Waals surface area contributed by atoms with Crippen molar-refractivity contribution in [3.05, 3.63) is 28.8 Å². The molecule has 1 fully saturated rings. The molecule has 106 valence electrons. The summed E-state index contributed by atoms with van der Waals surface area (Å²) in [6.45, 7) is 3.41. The van der Waals surface area contributed by atoms with Crippen LogP contribution in [0.3, 0.4) is 0 Å². The zero-order chi connectivity index (χ0) is 14.7. The molecule has 0 radical (unpaired) electrons. The van der Waals surface area contributed by atoms with Gasteiger partial charge in [0.1, 0.15) is 6.07 Å². The average Bonchev–Trinajstić information content (AvgIpc) is 2.46. The summed E-state index contributed by atoms with van der Waals surface area (Å²) >= 11 is 6.23. The Balaban J connectivity index is 2.22. The van der Waals surface area contributed by atoms with Crippen LogP contribution in [0.1, 0.15) is 18.9 Å². The lowest BCUT2D eigenvalue weighted by atomic mass is 9.86. The monoisotopic (exact) mass is 292 g/mol. The maximum absolute atomic E-state index is 11.7. The first kappa shape index (κ1) is 14.7. The number of nitrogens with zero attached hydrogens (tertiary/aromatic N) is 2. The molecule has 4 nitrogen and oxygen atoms in total. The summed E-state index contributed by atoms with van der Waals surface area (Å²) in [5.74, 6) is -0.0693. The molecule has 2 rings (SSSR count). The molecule has 0 unspecified atom stereocenters. The maximum atomic E-state index is 11.7. The zero-order valence-corrected chi connectivity index (χ0v) is 12.4. The van der Waals surface area contributed by atoms with Crippen molar-refractivity contribution in [3.8, 4) is 6.07 Å². The largest absolute Gasteiger partial charge is 0.469 e. The van der Waals surface area contributed by atoms with E-state index in [4.69, 9.17) is 16.3 Å². The Morgan fingerprint density at radius 1 is 1.55 bits per heavy atom. The van der Waals surface area contributed by atoms with Gasteiger partial charge in [-0.3, -0.25) is 4.79 Å². The highest BCUT2D eigenvalue weighted by Crippen LogP contribution is 2.34. The molecule has 0 amide bonds. The van der Waals surface area contributed by atoms with E-state index in [0.29, 0.717) is 30.1 Å². The molecule has 1 heterocycles. The minimum Gasteiger partial charge on any atom is -0.469 e. The molecule has 0 aliphatic carbocycles. The second-order valence-corrected chi connectivity index (χ2v) is 5.50. The van der Waals surface area contributed by atoms with E-state index >= 15 is 0 Å². The van der Waals surface area contributed by atoms with Crippen LogP contribution in [0.2, 0.25) is 5.02 Å². The third-order valence-corrected chi connectivity index (χ3v) is 4.14. The fourth-order valence-corrected chi connectivity index (χ4v) is 3.07. The number of anilines is 1. The minimum absolute atomic E-state index is 0.0794. The number of rotatable bonds is 2. The summed E-state index contributed by atoms with van der Waals surface area (Å²) in [5, 5.41) is 9.78. The fourth-order valence-electron chi connectivity index (χ4n) is 2.78. The number of para-hydroxylation sites is 1. The van der Waals surface area contributed by atoms with Gasteiger partial charge in [0.25, 0.3) is 0 Å². The topological polar surface area (TPSA) is 53.3 Å². The lowest BCUT2D eigenvalue weighted by Gasteiger charge is -2.37. The number of benzene rings is 1. The van der Waals surface area contributed by atoms with Crippen molar-refractivity contribution in [2.75, 3.05) is 25.1 Å². The van der Waals surface area contributed by atoms with E-state index in [1.165, 1.54) is 7.11 Å². The Morgan fingerprint density at radius 3 is 2.90 bits per heavy atom. The summed E-state index contributed by atoms with van der Waals surface area (Å²) in [4.78, 5) is 13.8. The molecule has 0 saturated carbocycles. The molecular weight excluding hydrogens is 276 g/mol. The second kappa shape index (κ2) is 6.15. The molecule has 2 atom stereocenters. The van der Waals surface area contributed by atoms with Crippen LogP contribution in [-0.2, 0) is 9.53 Å². The Bertz CT molecular complexity index is 553. The van der Waals surface area contributed by atoms with Crippen LogP contribution in [0.15, 0.2) is 18.2 Å².